The van der Waals surface area contributed by atoms with Crippen molar-refractivity contribution in [3.8, 4) is 5.75 Å². The van der Waals surface area contributed by atoms with E-state index in [1.54, 1.807) is 37.3 Å². The van der Waals surface area contributed by atoms with E-state index in [9.17, 15) is 18.3 Å². The average molecular weight is 506 g/mol. The molecule has 172 valence electrons. The second kappa shape index (κ2) is 10.2. The van der Waals surface area contributed by atoms with Gasteiger partial charge in [-0.25, -0.2) is 13.8 Å². The van der Waals surface area contributed by atoms with Gasteiger partial charge in [0.25, 0.3) is 15.9 Å². The molecular weight excluding hydrogens is 485 g/mol. The van der Waals surface area contributed by atoms with Gasteiger partial charge in [0.15, 0.2) is 0 Å². The first-order chi connectivity index (χ1) is 15.6. The highest BCUT2D eigenvalue weighted by atomic mass is 35.5. The lowest BCUT2D eigenvalue weighted by atomic mass is 10.1. The predicted molar refractivity (Wildman–Crippen MR) is 131 cm³/mol. The lowest BCUT2D eigenvalue weighted by Gasteiger charge is -2.25. The summed E-state index contributed by atoms with van der Waals surface area (Å²) in [6.07, 6.45) is 1.16. The van der Waals surface area contributed by atoms with Gasteiger partial charge in [-0.3, -0.25) is 9.10 Å². The molecule has 0 radical (unpaired) electrons. The second-order valence-electron chi connectivity index (χ2n) is 7.23. The molecule has 1 amide bonds. The van der Waals surface area contributed by atoms with Gasteiger partial charge in [0.2, 0.25) is 0 Å². The Morgan fingerprint density at radius 1 is 1.09 bits per heavy atom. The van der Waals surface area contributed by atoms with Crippen molar-refractivity contribution in [2.75, 3.05) is 10.8 Å². The number of phenolic OH excluding ortho intramolecular Hbond substituents is 1. The fourth-order valence-corrected chi connectivity index (χ4v) is 5.14. The van der Waals surface area contributed by atoms with Crippen molar-refractivity contribution >= 4 is 51.0 Å². The number of sulfonamides is 1. The number of nitrogens with zero attached hydrogens (tertiary/aromatic N) is 2. The molecule has 33 heavy (non-hydrogen) atoms. The molecule has 0 bridgehead atoms. The van der Waals surface area contributed by atoms with Crippen LogP contribution in [0.4, 0.5) is 5.69 Å². The number of rotatable bonds is 7. The molecule has 3 aromatic rings. The van der Waals surface area contributed by atoms with Crippen molar-refractivity contribution in [2.45, 2.75) is 18.7 Å². The van der Waals surface area contributed by atoms with Gasteiger partial charge < -0.3 is 5.11 Å². The fourth-order valence-electron chi connectivity index (χ4n) is 3.13. The Bertz CT molecular complexity index is 1310. The number of phenols is 1. The lowest BCUT2D eigenvalue weighted by molar-refractivity contribution is -0.119. The van der Waals surface area contributed by atoms with Crippen molar-refractivity contribution < 1.29 is 18.3 Å². The summed E-state index contributed by atoms with van der Waals surface area (Å²) < 4.78 is 27.8. The number of benzene rings is 3. The van der Waals surface area contributed by atoms with Crippen LogP contribution in [0.15, 0.2) is 70.7 Å². The van der Waals surface area contributed by atoms with Crippen molar-refractivity contribution in [2.24, 2.45) is 5.10 Å². The van der Waals surface area contributed by atoms with Gasteiger partial charge in [-0.15, -0.1) is 0 Å². The van der Waals surface area contributed by atoms with Crippen LogP contribution < -0.4 is 9.73 Å². The number of halogens is 2. The Labute approximate surface area is 202 Å². The molecule has 0 spiro atoms. The molecule has 0 atom stereocenters. The molecule has 3 aromatic carbocycles. The van der Waals surface area contributed by atoms with Gasteiger partial charge in [-0.2, -0.15) is 5.10 Å². The minimum Gasteiger partial charge on any atom is -0.506 e. The maximum absolute atomic E-state index is 13.4. The van der Waals surface area contributed by atoms with Crippen LogP contribution in [0.1, 0.15) is 16.7 Å². The zero-order valence-corrected chi connectivity index (χ0v) is 20.1. The molecule has 0 heterocycles. The van der Waals surface area contributed by atoms with E-state index in [4.69, 9.17) is 23.2 Å². The van der Waals surface area contributed by atoms with E-state index < -0.39 is 22.5 Å². The molecule has 10 heteroatoms. The molecule has 0 fully saturated rings. The van der Waals surface area contributed by atoms with Gasteiger partial charge in [0, 0.05) is 10.6 Å². The zero-order valence-electron chi connectivity index (χ0n) is 17.8. The number of aryl methyl sites for hydroxylation is 2. The van der Waals surface area contributed by atoms with Crippen molar-refractivity contribution in [1.29, 1.82) is 0 Å². The van der Waals surface area contributed by atoms with E-state index in [1.165, 1.54) is 24.3 Å². The molecule has 2 N–H and O–H groups in total. The Kier molecular flexibility index (Phi) is 7.63. The van der Waals surface area contributed by atoms with Crippen LogP contribution in [0.3, 0.4) is 0 Å². The van der Waals surface area contributed by atoms with E-state index in [1.807, 2.05) is 13.0 Å². The summed E-state index contributed by atoms with van der Waals surface area (Å²) in [6.45, 7) is 3.16. The van der Waals surface area contributed by atoms with Crippen molar-refractivity contribution in [3.05, 3.63) is 87.4 Å². The molecule has 0 aliphatic rings. The van der Waals surface area contributed by atoms with E-state index in [2.05, 4.69) is 10.5 Å². The first kappa shape index (κ1) is 24.6. The van der Waals surface area contributed by atoms with Gasteiger partial charge >= 0.3 is 0 Å². The first-order valence-corrected chi connectivity index (χ1v) is 11.9. The molecule has 0 saturated carbocycles. The minimum atomic E-state index is -4.03. The molecule has 7 nitrogen and oxygen atoms in total. The van der Waals surface area contributed by atoms with Gasteiger partial charge in [-0.1, -0.05) is 59.1 Å². The highest BCUT2D eigenvalue weighted by molar-refractivity contribution is 7.92. The number of hydrogen-bond acceptors (Lipinski definition) is 5. The van der Waals surface area contributed by atoms with Crippen LogP contribution >= 0.6 is 23.2 Å². The van der Waals surface area contributed by atoms with Crippen LogP contribution in [0.5, 0.6) is 5.75 Å². The molecule has 0 aliphatic carbocycles. The van der Waals surface area contributed by atoms with Crippen molar-refractivity contribution in [1.82, 2.24) is 5.43 Å². The number of hydrogen-bond donors (Lipinski definition) is 2. The summed E-state index contributed by atoms with van der Waals surface area (Å²) in [5.74, 6) is -0.930. The number of aromatic hydroxyl groups is 1. The smallest absolute Gasteiger partial charge is 0.264 e. The number of carbonyl (C=O) groups excluding carboxylic acids is 1. The Morgan fingerprint density at radius 3 is 2.45 bits per heavy atom. The quantitative estimate of drug-likeness (QED) is 0.360. The van der Waals surface area contributed by atoms with Crippen LogP contribution in [0.25, 0.3) is 0 Å². The molecule has 0 aliphatic heterocycles. The van der Waals surface area contributed by atoms with E-state index in [-0.39, 0.29) is 26.3 Å². The van der Waals surface area contributed by atoms with Crippen LogP contribution in [-0.4, -0.2) is 32.2 Å². The zero-order chi connectivity index (χ0) is 24.2. The van der Waals surface area contributed by atoms with Crippen LogP contribution in [0, 0.1) is 13.8 Å². The third-order valence-corrected chi connectivity index (χ3v) is 6.97. The number of amides is 1. The molecule has 0 saturated heterocycles. The normalized spacial score (nSPS) is 11.5. The summed E-state index contributed by atoms with van der Waals surface area (Å²) in [6, 6.07) is 15.9. The van der Waals surface area contributed by atoms with Gasteiger partial charge in [-0.05, 0) is 49.7 Å². The maximum Gasteiger partial charge on any atom is 0.264 e. The summed E-state index contributed by atoms with van der Waals surface area (Å²) >= 11 is 11.8. The number of nitrogens with one attached hydrogen (secondary N) is 1. The SMILES string of the molecule is Cc1ccc(N(CC(=O)N/N=C/c2cc(Cl)cc(Cl)c2O)S(=O)(=O)c2ccccc2)c(C)c1. The van der Waals surface area contributed by atoms with Gasteiger partial charge in [0.05, 0.1) is 21.8 Å². The number of hydrazone groups is 1. The fraction of sp³-hybridized carbons (Fsp3) is 0.130. The minimum absolute atomic E-state index is 0.0326. The summed E-state index contributed by atoms with van der Waals surface area (Å²) in [5, 5.41) is 14.1. The van der Waals surface area contributed by atoms with E-state index in [0.29, 0.717) is 11.3 Å². The molecule has 3 rings (SSSR count). The van der Waals surface area contributed by atoms with Gasteiger partial charge in [0.1, 0.15) is 12.3 Å². The maximum atomic E-state index is 13.4. The second-order valence-corrected chi connectivity index (χ2v) is 9.94. The third-order valence-electron chi connectivity index (χ3n) is 4.69. The predicted octanol–water partition coefficient (Wildman–Crippen LogP) is 4.66. The Balaban J connectivity index is 1.88. The summed E-state index contributed by atoms with van der Waals surface area (Å²) in [4.78, 5) is 12.7. The topological polar surface area (TPSA) is 99.1 Å². The average Bonchev–Trinajstić information content (AvgIpc) is 2.76. The lowest BCUT2D eigenvalue weighted by Crippen LogP contribution is -2.40. The molecule has 0 aromatic heterocycles. The monoisotopic (exact) mass is 505 g/mol. The standard InChI is InChI=1S/C23H21Cl2N3O4S/c1-15-8-9-21(16(2)10-15)28(33(31,32)19-6-4-3-5-7-19)14-22(29)27-26-13-17-11-18(24)12-20(25)23(17)30/h3-13,30H,14H2,1-2H3,(H,27,29)/b26-13+. The van der Waals surface area contributed by atoms with E-state index >= 15 is 0 Å². The van der Waals surface area contributed by atoms with Crippen LogP contribution in [0.2, 0.25) is 10.0 Å². The first-order valence-electron chi connectivity index (χ1n) is 9.74. The molecular formula is C23H21Cl2N3O4S. The third kappa shape index (κ3) is 5.84. The van der Waals surface area contributed by atoms with Crippen molar-refractivity contribution in [3.63, 3.8) is 0 Å². The Morgan fingerprint density at radius 2 is 1.79 bits per heavy atom. The summed E-state index contributed by atoms with van der Waals surface area (Å²) in [5.41, 5.74) is 4.51. The largest absolute Gasteiger partial charge is 0.506 e. The van der Waals surface area contributed by atoms with Crippen LogP contribution in [-0.2, 0) is 14.8 Å². The highest BCUT2D eigenvalue weighted by Gasteiger charge is 2.28. The van der Waals surface area contributed by atoms with E-state index in [0.717, 1.165) is 16.1 Å². The number of carbonyl (C=O) groups is 1. The highest BCUT2D eigenvalue weighted by Crippen LogP contribution is 2.30. The number of anilines is 1. The molecule has 0 unspecified atom stereocenters. The summed E-state index contributed by atoms with van der Waals surface area (Å²) in [7, 11) is -4.03. The Hall–Kier alpha value is -3.07.